The Balaban J connectivity index is 1.43. The monoisotopic (exact) mass is 422 g/mol. The molecule has 5 rings (SSSR count). The summed E-state index contributed by atoms with van der Waals surface area (Å²) in [5.74, 6) is 1.31. The summed E-state index contributed by atoms with van der Waals surface area (Å²) in [6.07, 6.45) is 10.5. The van der Waals surface area contributed by atoms with Gasteiger partial charge in [0.1, 0.15) is 0 Å². The lowest BCUT2D eigenvalue weighted by Crippen LogP contribution is -2.44. The minimum Gasteiger partial charge on any atom is -0.471 e. The third kappa shape index (κ3) is 3.35. The van der Waals surface area contributed by atoms with Crippen molar-refractivity contribution in [1.82, 2.24) is 19.7 Å². The van der Waals surface area contributed by atoms with Crippen molar-refractivity contribution in [1.29, 1.82) is 0 Å². The molecule has 1 aliphatic heterocycles. The predicted molar refractivity (Wildman–Crippen MR) is 114 cm³/mol. The highest BCUT2D eigenvalue weighted by molar-refractivity contribution is 6.33. The van der Waals surface area contributed by atoms with Crippen molar-refractivity contribution in [2.24, 2.45) is 0 Å². The number of carbonyl (C=O) groups excluding carboxylic acids is 1. The molecule has 0 saturated heterocycles. The Kier molecular flexibility index (Phi) is 4.95. The van der Waals surface area contributed by atoms with Crippen molar-refractivity contribution in [3.8, 4) is 11.6 Å². The molecule has 0 spiro atoms. The number of benzene rings is 1. The number of halogens is 1. The number of nitrogens with zero attached hydrogens (tertiary/aromatic N) is 4. The van der Waals surface area contributed by atoms with Crippen LogP contribution in [0.25, 0.3) is 5.82 Å². The molecule has 3 heterocycles. The predicted octanol–water partition coefficient (Wildman–Crippen LogP) is 4.55. The van der Waals surface area contributed by atoms with Crippen LogP contribution < -0.4 is 4.74 Å². The molecule has 0 radical (unpaired) electrons. The number of fused-ring (bicyclic) bond motifs is 1. The topological polar surface area (TPSA) is 60.2 Å². The summed E-state index contributed by atoms with van der Waals surface area (Å²) >= 11 is 6.63. The molecule has 154 valence electrons. The first-order valence-corrected chi connectivity index (χ1v) is 10.7. The molecule has 2 aromatic heterocycles. The number of amides is 1. The van der Waals surface area contributed by atoms with E-state index in [2.05, 4.69) is 10.1 Å². The number of pyridine rings is 1. The van der Waals surface area contributed by atoms with Crippen molar-refractivity contribution in [3.05, 3.63) is 70.1 Å². The largest absolute Gasteiger partial charge is 0.471 e. The van der Waals surface area contributed by atoms with E-state index in [0.717, 1.165) is 35.3 Å². The van der Waals surface area contributed by atoms with Crippen LogP contribution in [-0.4, -0.2) is 38.3 Å². The zero-order valence-electron chi connectivity index (χ0n) is 16.8. The highest BCUT2D eigenvalue weighted by Gasteiger charge is 2.34. The molecule has 0 bridgehead atoms. The number of aromatic nitrogens is 3. The van der Waals surface area contributed by atoms with E-state index in [9.17, 15) is 4.79 Å². The number of hydrogen-bond donors (Lipinski definition) is 0. The number of ether oxygens (including phenoxy) is 1. The molecule has 6 nitrogen and oxygen atoms in total. The van der Waals surface area contributed by atoms with E-state index < -0.39 is 0 Å². The van der Waals surface area contributed by atoms with Crippen molar-refractivity contribution in [2.75, 3.05) is 6.73 Å². The van der Waals surface area contributed by atoms with E-state index in [-0.39, 0.29) is 18.7 Å². The van der Waals surface area contributed by atoms with Gasteiger partial charge in [-0.2, -0.15) is 5.10 Å². The average molecular weight is 423 g/mol. The second kappa shape index (κ2) is 7.76. The van der Waals surface area contributed by atoms with Gasteiger partial charge in [-0.05, 0) is 61.1 Å². The number of rotatable bonds is 4. The van der Waals surface area contributed by atoms with E-state index in [1.54, 1.807) is 10.9 Å². The first-order chi connectivity index (χ1) is 14.6. The second-order valence-corrected chi connectivity index (χ2v) is 8.37. The SMILES string of the molecule is Cc1c(Cc2ccc(-n3cccn3)nc2)cc2c(c1Cl)OCN(C1CCCC1)C2=O. The Morgan fingerprint density at radius 3 is 2.80 bits per heavy atom. The van der Waals surface area contributed by atoms with Crippen LogP contribution in [0.2, 0.25) is 5.02 Å². The zero-order chi connectivity index (χ0) is 20.7. The van der Waals surface area contributed by atoms with Crippen molar-refractivity contribution < 1.29 is 9.53 Å². The number of carbonyl (C=O) groups is 1. The fraction of sp³-hybridized carbons (Fsp3) is 0.348. The second-order valence-electron chi connectivity index (χ2n) is 7.99. The molecule has 0 atom stereocenters. The van der Waals surface area contributed by atoms with Gasteiger partial charge in [0.2, 0.25) is 0 Å². The van der Waals surface area contributed by atoms with Crippen LogP contribution in [0, 0.1) is 6.92 Å². The van der Waals surface area contributed by atoms with Gasteiger partial charge in [0.15, 0.2) is 18.3 Å². The third-order valence-electron chi connectivity index (χ3n) is 6.12. The molecular weight excluding hydrogens is 400 g/mol. The van der Waals surface area contributed by atoms with Crippen LogP contribution in [0.3, 0.4) is 0 Å². The number of hydrogen-bond acceptors (Lipinski definition) is 4. The van der Waals surface area contributed by atoms with Crippen LogP contribution >= 0.6 is 11.6 Å². The van der Waals surface area contributed by atoms with Crippen LogP contribution in [0.1, 0.15) is 52.7 Å². The molecule has 1 aromatic carbocycles. The van der Waals surface area contributed by atoms with E-state index >= 15 is 0 Å². The minimum atomic E-state index is 0.0263. The fourth-order valence-corrected chi connectivity index (χ4v) is 4.65. The summed E-state index contributed by atoms with van der Waals surface area (Å²) in [6, 6.07) is 8.05. The lowest BCUT2D eigenvalue weighted by Gasteiger charge is -2.34. The quantitative estimate of drug-likeness (QED) is 0.618. The zero-order valence-corrected chi connectivity index (χ0v) is 17.6. The lowest BCUT2D eigenvalue weighted by molar-refractivity contribution is 0.0391. The molecule has 0 unspecified atom stereocenters. The van der Waals surface area contributed by atoms with Crippen molar-refractivity contribution in [3.63, 3.8) is 0 Å². The van der Waals surface area contributed by atoms with Gasteiger partial charge in [0.25, 0.3) is 5.91 Å². The summed E-state index contributed by atoms with van der Waals surface area (Å²) in [5.41, 5.74) is 3.56. The summed E-state index contributed by atoms with van der Waals surface area (Å²) in [4.78, 5) is 19.6. The Bertz CT molecular complexity index is 1070. The maximum atomic E-state index is 13.2. The standard InChI is InChI=1S/C23H23ClN4O2/c1-15-17(11-16-7-8-20(25-13-16)28-10-4-9-26-28)12-19-22(21(15)24)30-14-27(23(19)29)18-5-2-3-6-18/h4,7-10,12-13,18H,2-3,5-6,11,14H2,1H3. The molecule has 30 heavy (non-hydrogen) atoms. The molecule has 1 saturated carbocycles. The maximum absolute atomic E-state index is 13.2. The van der Waals surface area contributed by atoms with Crippen molar-refractivity contribution >= 4 is 17.5 Å². The van der Waals surface area contributed by atoms with Gasteiger partial charge >= 0.3 is 0 Å². The van der Waals surface area contributed by atoms with Gasteiger partial charge < -0.3 is 9.64 Å². The molecule has 2 aliphatic rings. The van der Waals surface area contributed by atoms with Gasteiger partial charge in [-0.3, -0.25) is 4.79 Å². The Labute approximate surface area is 180 Å². The Hall–Kier alpha value is -2.86. The highest BCUT2D eigenvalue weighted by Crippen LogP contribution is 2.39. The van der Waals surface area contributed by atoms with E-state index in [1.807, 2.05) is 48.5 Å². The summed E-state index contributed by atoms with van der Waals surface area (Å²) in [7, 11) is 0. The van der Waals surface area contributed by atoms with Crippen LogP contribution in [0.15, 0.2) is 42.9 Å². The molecule has 1 amide bonds. The Morgan fingerprint density at radius 2 is 2.10 bits per heavy atom. The highest BCUT2D eigenvalue weighted by atomic mass is 35.5. The van der Waals surface area contributed by atoms with Crippen LogP contribution in [0.4, 0.5) is 0 Å². The average Bonchev–Trinajstić information content (AvgIpc) is 3.47. The summed E-state index contributed by atoms with van der Waals surface area (Å²) in [5, 5.41) is 4.73. The lowest BCUT2D eigenvalue weighted by atomic mass is 9.96. The first kappa shape index (κ1) is 19.1. The third-order valence-corrected chi connectivity index (χ3v) is 6.58. The molecular formula is C23H23ClN4O2. The molecule has 0 N–H and O–H groups in total. The van der Waals surface area contributed by atoms with Gasteiger partial charge in [0, 0.05) is 24.6 Å². The summed E-state index contributed by atoms with van der Waals surface area (Å²) in [6.45, 7) is 2.26. The molecule has 1 aliphatic carbocycles. The minimum absolute atomic E-state index is 0.0263. The van der Waals surface area contributed by atoms with Crippen molar-refractivity contribution in [2.45, 2.75) is 45.1 Å². The van der Waals surface area contributed by atoms with E-state index in [1.165, 1.54) is 12.8 Å². The molecule has 7 heteroatoms. The smallest absolute Gasteiger partial charge is 0.260 e. The van der Waals surface area contributed by atoms with Gasteiger partial charge in [-0.25, -0.2) is 9.67 Å². The maximum Gasteiger partial charge on any atom is 0.260 e. The van der Waals surface area contributed by atoms with E-state index in [0.29, 0.717) is 22.8 Å². The van der Waals surface area contributed by atoms with E-state index in [4.69, 9.17) is 16.3 Å². The van der Waals surface area contributed by atoms with Gasteiger partial charge in [-0.1, -0.05) is 30.5 Å². The van der Waals surface area contributed by atoms with Gasteiger partial charge in [-0.15, -0.1) is 0 Å². The van der Waals surface area contributed by atoms with Crippen LogP contribution in [0.5, 0.6) is 5.75 Å². The Morgan fingerprint density at radius 1 is 1.27 bits per heavy atom. The summed E-state index contributed by atoms with van der Waals surface area (Å²) < 4.78 is 7.66. The van der Waals surface area contributed by atoms with Gasteiger partial charge in [0.05, 0.1) is 10.6 Å². The first-order valence-electron chi connectivity index (χ1n) is 10.3. The van der Waals surface area contributed by atoms with Crippen LogP contribution in [-0.2, 0) is 6.42 Å². The normalized spacial score (nSPS) is 16.6. The fourth-order valence-electron chi connectivity index (χ4n) is 4.38. The molecule has 1 fully saturated rings. The molecule has 3 aromatic rings.